The van der Waals surface area contributed by atoms with E-state index in [1.807, 2.05) is 18.2 Å². The lowest BCUT2D eigenvalue weighted by molar-refractivity contribution is -0.137. The quantitative estimate of drug-likeness (QED) is 0.494. The topological polar surface area (TPSA) is 46.5 Å². The summed E-state index contributed by atoms with van der Waals surface area (Å²) < 4.78 is 4.74. The van der Waals surface area contributed by atoms with Gasteiger partial charge in [-0.2, -0.15) is 0 Å². The van der Waals surface area contributed by atoms with Gasteiger partial charge in [0.05, 0.1) is 12.7 Å². The number of carbonyl (C=O) groups excluding carboxylic acids is 1. The van der Waals surface area contributed by atoms with Crippen molar-refractivity contribution in [1.82, 2.24) is 0 Å². The Kier molecular flexibility index (Phi) is 4.76. The molecule has 0 saturated heterocycles. The summed E-state index contributed by atoms with van der Waals surface area (Å²) in [6.45, 7) is 6.17. The van der Waals surface area contributed by atoms with E-state index in [0.29, 0.717) is 18.1 Å². The Morgan fingerprint density at radius 2 is 2.18 bits per heavy atom. The van der Waals surface area contributed by atoms with Crippen molar-refractivity contribution >= 4 is 11.7 Å². The van der Waals surface area contributed by atoms with Crippen molar-refractivity contribution in [1.29, 1.82) is 0 Å². The maximum Gasteiger partial charge on any atom is 0.334 e. The van der Waals surface area contributed by atoms with Gasteiger partial charge in [-0.3, -0.25) is 0 Å². The van der Waals surface area contributed by atoms with Crippen LogP contribution in [0.5, 0.6) is 0 Å². The molecule has 1 N–H and O–H groups in total. The van der Waals surface area contributed by atoms with Crippen LogP contribution in [0.4, 0.5) is 0 Å². The molecule has 0 radical (unpaired) electrons. The van der Waals surface area contributed by atoms with E-state index >= 15 is 0 Å². The number of rotatable bonds is 4. The van der Waals surface area contributed by atoms with Crippen LogP contribution in [0.1, 0.15) is 37.8 Å². The minimum atomic E-state index is -0.528. The summed E-state index contributed by atoms with van der Waals surface area (Å²) in [7, 11) is 0. The van der Waals surface area contributed by atoms with Gasteiger partial charge in [-0.25, -0.2) is 4.79 Å². The van der Waals surface area contributed by atoms with Crippen molar-refractivity contribution in [2.24, 2.45) is 0 Å². The second kappa shape index (κ2) is 6.09. The van der Waals surface area contributed by atoms with Crippen molar-refractivity contribution in [2.75, 3.05) is 6.61 Å². The lowest BCUT2D eigenvalue weighted by atomic mass is 10.0. The summed E-state index contributed by atoms with van der Waals surface area (Å²) in [5.41, 5.74) is 1.75. The summed E-state index contributed by atoms with van der Waals surface area (Å²) in [5.74, 6) is -0.212. The summed E-state index contributed by atoms with van der Waals surface area (Å²) in [6.07, 6.45) is 1.10. The van der Waals surface area contributed by atoms with E-state index in [-0.39, 0.29) is 5.76 Å². The largest absolute Gasteiger partial charge is 0.507 e. The molecule has 0 atom stereocenters. The zero-order valence-corrected chi connectivity index (χ0v) is 10.4. The lowest BCUT2D eigenvalue weighted by Crippen LogP contribution is -2.01. The summed E-state index contributed by atoms with van der Waals surface area (Å²) in [6, 6.07) is 7.48. The van der Waals surface area contributed by atoms with Crippen LogP contribution in [0.3, 0.4) is 0 Å². The number of aliphatic hydroxyl groups is 1. The molecule has 17 heavy (non-hydrogen) atoms. The fourth-order valence-electron chi connectivity index (χ4n) is 1.44. The Balaban J connectivity index is 2.92. The van der Waals surface area contributed by atoms with Crippen LogP contribution in [0.25, 0.3) is 5.76 Å². The predicted molar refractivity (Wildman–Crippen MR) is 67.8 cm³/mol. The van der Waals surface area contributed by atoms with Crippen LogP contribution in [-0.2, 0) is 9.53 Å². The molecule has 3 heteroatoms. The zero-order chi connectivity index (χ0) is 12.8. The molecule has 0 aliphatic carbocycles. The average Bonchev–Trinajstić information content (AvgIpc) is 2.29. The predicted octanol–water partition coefficient (Wildman–Crippen LogP) is 3.27. The van der Waals surface area contributed by atoms with Gasteiger partial charge >= 0.3 is 5.97 Å². The summed E-state index contributed by atoms with van der Waals surface area (Å²) in [4.78, 5) is 11.2. The van der Waals surface area contributed by atoms with Crippen LogP contribution >= 0.6 is 0 Å². The van der Waals surface area contributed by atoms with Gasteiger partial charge in [-0.1, -0.05) is 32.0 Å². The van der Waals surface area contributed by atoms with Gasteiger partial charge < -0.3 is 9.84 Å². The average molecular weight is 234 g/mol. The highest BCUT2D eigenvalue weighted by Crippen LogP contribution is 2.19. The fourth-order valence-corrected chi connectivity index (χ4v) is 1.44. The number of ether oxygens (including phenoxy) is 1. The maximum absolute atomic E-state index is 11.2. The molecular weight excluding hydrogens is 216 g/mol. The molecule has 0 aliphatic rings. The Morgan fingerprint density at radius 3 is 2.76 bits per heavy atom. The van der Waals surface area contributed by atoms with Gasteiger partial charge in [0.1, 0.15) is 5.76 Å². The summed E-state index contributed by atoms with van der Waals surface area (Å²) in [5, 5.41) is 9.78. The van der Waals surface area contributed by atoms with Crippen LogP contribution < -0.4 is 0 Å². The van der Waals surface area contributed by atoms with Crippen LogP contribution in [0, 0.1) is 0 Å². The SMILES string of the molecule is CCOC(=O)C=C(O)c1cccc(C(C)C)c1. The first kappa shape index (κ1) is 13.3. The molecule has 92 valence electrons. The normalized spacial score (nSPS) is 11.6. The summed E-state index contributed by atoms with van der Waals surface area (Å²) >= 11 is 0. The molecule has 0 bridgehead atoms. The van der Waals surface area contributed by atoms with Crippen LogP contribution in [-0.4, -0.2) is 17.7 Å². The number of hydrogen-bond acceptors (Lipinski definition) is 3. The van der Waals surface area contributed by atoms with E-state index in [2.05, 4.69) is 13.8 Å². The van der Waals surface area contributed by atoms with E-state index in [4.69, 9.17) is 4.74 Å². The molecule has 3 nitrogen and oxygen atoms in total. The van der Waals surface area contributed by atoms with Crippen molar-refractivity contribution in [3.8, 4) is 0 Å². The highest BCUT2D eigenvalue weighted by atomic mass is 16.5. The fraction of sp³-hybridized carbons (Fsp3) is 0.357. The van der Waals surface area contributed by atoms with Crippen LogP contribution in [0.2, 0.25) is 0 Å². The van der Waals surface area contributed by atoms with Gasteiger partial charge in [0.15, 0.2) is 0 Å². The molecule has 0 aromatic heterocycles. The number of hydrogen-bond donors (Lipinski definition) is 1. The molecular formula is C14H18O3. The third-order valence-electron chi connectivity index (χ3n) is 2.39. The minimum Gasteiger partial charge on any atom is -0.507 e. The molecule has 0 fully saturated rings. The second-order valence-corrected chi connectivity index (χ2v) is 4.06. The third kappa shape index (κ3) is 3.94. The molecule has 0 spiro atoms. The maximum atomic E-state index is 11.2. The molecule has 0 heterocycles. The van der Waals surface area contributed by atoms with Gasteiger partial charge in [-0.05, 0) is 24.5 Å². The van der Waals surface area contributed by atoms with E-state index in [1.54, 1.807) is 13.0 Å². The molecule has 1 aromatic carbocycles. The third-order valence-corrected chi connectivity index (χ3v) is 2.39. The Bertz CT molecular complexity index is 419. The number of carbonyl (C=O) groups is 1. The van der Waals surface area contributed by atoms with Crippen molar-refractivity contribution in [2.45, 2.75) is 26.7 Å². The minimum absolute atomic E-state index is 0.0639. The lowest BCUT2D eigenvalue weighted by Gasteiger charge is -2.07. The van der Waals surface area contributed by atoms with Gasteiger partial charge in [0, 0.05) is 5.56 Å². The second-order valence-electron chi connectivity index (χ2n) is 4.06. The highest BCUT2D eigenvalue weighted by Gasteiger charge is 2.06. The van der Waals surface area contributed by atoms with Crippen LogP contribution in [0.15, 0.2) is 30.3 Å². The van der Waals surface area contributed by atoms with Gasteiger partial charge in [-0.15, -0.1) is 0 Å². The van der Waals surface area contributed by atoms with E-state index < -0.39 is 5.97 Å². The molecule has 0 saturated carbocycles. The number of benzene rings is 1. The van der Waals surface area contributed by atoms with E-state index in [1.165, 1.54) is 0 Å². The number of esters is 1. The van der Waals surface area contributed by atoms with E-state index in [9.17, 15) is 9.90 Å². The molecule has 1 aromatic rings. The zero-order valence-electron chi connectivity index (χ0n) is 10.4. The smallest absolute Gasteiger partial charge is 0.334 e. The van der Waals surface area contributed by atoms with Crippen molar-refractivity contribution < 1.29 is 14.6 Å². The van der Waals surface area contributed by atoms with Gasteiger partial charge in [0.25, 0.3) is 0 Å². The standard InChI is InChI=1S/C14H18O3/c1-4-17-14(16)9-13(15)12-7-5-6-11(8-12)10(2)3/h5-10,15H,4H2,1-3H3. The van der Waals surface area contributed by atoms with Crippen molar-refractivity contribution in [3.05, 3.63) is 41.5 Å². The monoisotopic (exact) mass is 234 g/mol. The highest BCUT2D eigenvalue weighted by molar-refractivity contribution is 5.89. The molecule has 0 unspecified atom stereocenters. The molecule has 1 rings (SSSR count). The Labute approximate surface area is 102 Å². The Hall–Kier alpha value is -1.77. The first-order valence-corrected chi connectivity index (χ1v) is 5.72. The molecule has 0 aliphatic heterocycles. The van der Waals surface area contributed by atoms with E-state index in [0.717, 1.165) is 11.6 Å². The van der Waals surface area contributed by atoms with Crippen molar-refractivity contribution in [3.63, 3.8) is 0 Å². The molecule has 0 amide bonds. The Morgan fingerprint density at radius 1 is 1.47 bits per heavy atom. The van der Waals surface area contributed by atoms with Gasteiger partial charge in [0.2, 0.25) is 0 Å². The first-order valence-electron chi connectivity index (χ1n) is 5.72. The number of aliphatic hydroxyl groups excluding tert-OH is 1. The first-order chi connectivity index (χ1) is 8.04.